The van der Waals surface area contributed by atoms with Gasteiger partial charge in [0.15, 0.2) is 0 Å². The lowest BCUT2D eigenvalue weighted by molar-refractivity contribution is -0.173. The van der Waals surface area contributed by atoms with Crippen LogP contribution in [0, 0.1) is 0 Å². The molecule has 4 nitrogen and oxygen atoms in total. The van der Waals surface area contributed by atoms with Gasteiger partial charge in [-0.3, -0.25) is 0 Å². The van der Waals surface area contributed by atoms with Crippen molar-refractivity contribution in [3.8, 4) is 5.75 Å². The molecule has 0 saturated heterocycles. The van der Waals surface area contributed by atoms with E-state index in [2.05, 4.69) is 43.0 Å². The molecule has 2 unspecified atom stereocenters. The maximum atomic E-state index is 12.0. The standard InChI is InChI=1S/C35H36O4/c1-27-22-33(34(36,23-27)26-38-25-29-12-6-3-7-13-29)39-35(30-14-8-4-9-15-30,31-16-10-5-11-17-31)24-28-18-20-32(37-2)21-19-28/h3-21,33,36H,1,22-26H2,2H3. The Kier molecular flexibility index (Phi) is 8.27. The van der Waals surface area contributed by atoms with E-state index in [-0.39, 0.29) is 6.61 Å². The lowest BCUT2D eigenvalue weighted by Gasteiger charge is -2.41. The minimum absolute atomic E-state index is 0.160. The van der Waals surface area contributed by atoms with Crippen molar-refractivity contribution >= 4 is 0 Å². The predicted octanol–water partition coefficient (Wildman–Crippen LogP) is 6.86. The first kappa shape index (κ1) is 26.9. The average molecular weight is 521 g/mol. The van der Waals surface area contributed by atoms with E-state index in [1.807, 2.05) is 78.9 Å². The number of benzene rings is 4. The molecule has 1 aliphatic carbocycles. The number of hydrogen-bond acceptors (Lipinski definition) is 4. The molecule has 1 fully saturated rings. The summed E-state index contributed by atoms with van der Waals surface area (Å²) in [6.45, 7) is 4.82. The average Bonchev–Trinajstić information content (AvgIpc) is 3.26. The Morgan fingerprint density at radius 1 is 0.795 bits per heavy atom. The monoisotopic (exact) mass is 520 g/mol. The molecule has 4 heteroatoms. The number of ether oxygens (including phenoxy) is 3. The van der Waals surface area contributed by atoms with Gasteiger partial charge in [-0.05, 0) is 40.8 Å². The van der Waals surface area contributed by atoms with Crippen molar-refractivity contribution in [2.24, 2.45) is 0 Å². The van der Waals surface area contributed by atoms with E-state index in [0.29, 0.717) is 25.9 Å². The molecular formula is C35H36O4. The van der Waals surface area contributed by atoms with Gasteiger partial charge in [0.05, 0.1) is 26.4 Å². The van der Waals surface area contributed by atoms with Gasteiger partial charge in [0.2, 0.25) is 0 Å². The summed E-state index contributed by atoms with van der Waals surface area (Å²) in [6.07, 6.45) is 1.08. The molecule has 39 heavy (non-hydrogen) atoms. The summed E-state index contributed by atoms with van der Waals surface area (Å²) in [5.74, 6) is 0.807. The topological polar surface area (TPSA) is 47.9 Å². The van der Waals surface area contributed by atoms with Crippen molar-refractivity contribution in [2.45, 2.75) is 43.2 Å². The van der Waals surface area contributed by atoms with Crippen LogP contribution in [0.2, 0.25) is 0 Å². The molecule has 0 bridgehead atoms. The lowest BCUT2D eigenvalue weighted by Crippen LogP contribution is -2.49. The van der Waals surface area contributed by atoms with Gasteiger partial charge in [-0.2, -0.15) is 0 Å². The highest BCUT2D eigenvalue weighted by Crippen LogP contribution is 2.45. The molecule has 0 radical (unpaired) electrons. The maximum Gasteiger partial charge on any atom is 0.123 e. The highest BCUT2D eigenvalue weighted by atomic mass is 16.5. The molecule has 1 aliphatic rings. The molecule has 0 heterocycles. The van der Waals surface area contributed by atoms with Gasteiger partial charge in [0.25, 0.3) is 0 Å². The predicted molar refractivity (Wildman–Crippen MR) is 155 cm³/mol. The third kappa shape index (κ3) is 6.15. The minimum Gasteiger partial charge on any atom is -0.497 e. The SMILES string of the molecule is C=C1CC(OC(Cc2ccc(OC)cc2)(c2ccccc2)c2ccccc2)C(O)(COCc2ccccc2)C1. The van der Waals surface area contributed by atoms with E-state index in [9.17, 15) is 5.11 Å². The van der Waals surface area contributed by atoms with Gasteiger partial charge in [0.1, 0.15) is 17.0 Å². The molecule has 0 aliphatic heterocycles. The highest BCUT2D eigenvalue weighted by molar-refractivity contribution is 5.40. The molecule has 2 atom stereocenters. The van der Waals surface area contributed by atoms with Gasteiger partial charge in [0, 0.05) is 12.8 Å². The van der Waals surface area contributed by atoms with Crippen LogP contribution < -0.4 is 4.74 Å². The number of methoxy groups -OCH3 is 1. The summed E-state index contributed by atoms with van der Waals surface area (Å²) in [5, 5.41) is 12.0. The van der Waals surface area contributed by atoms with Crippen LogP contribution in [0.3, 0.4) is 0 Å². The molecule has 0 spiro atoms. The molecule has 4 aromatic rings. The smallest absolute Gasteiger partial charge is 0.123 e. The Hall–Kier alpha value is -3.70. The number of hydrogen-bond donors (Lipinski definition) is 1. The van der Waals surface area contributed by atoms with Gasteiger partial charge < -0.3 is 19.3 Å². The van der Waals surface area contributed by atoms with Gasteiger partial charge in [-0.1, -0.05) is 115 Å². The molecule has 0 amide bonds. The molecule has 4 aromatic carbocycles. The van der Waals surface area contributed by atoms with Crippen molar-refractivity contribution in [3.63, 3.8) is 0 Å². The van der Waals surface area contributed by atoms with Crippen LogP contribution in [0.1, 0.15) is 35.1 Å². The van der Waals surface area contributed by atoms with Crippen molar-refractivity contribution in [2.75, 3.05) is 13.7 Å². The highest BCUT2D eigenvalue weighted by Gasteiger charge is 2.49. The van der Waals surface area contributed by atoms with E-state index >= 15 is 0 Å². The van der Waals surface area contributed by atoms with Crippen LogP contribution in [0.5, 0.6) is 5.75 Å². The van der Waals surface area contributed by atoms with E-state index in [1.54, 1.807) is 7.11 Å². The first-order valence-electron chi connectivity index (χ1n) is 13.4. The Morgan fingerprint density at radius 3 is 1.92 bits per heavy atom. The summed E-state index contributed by atoms with van der Waals surface area (Å²) in [6, 6.07) is 38.7. The number of rotatable bonds is 11. The summed E-state index contributed by atoms with van der Waals surface area (Å²) < 4.78 is 18.7. The third-order valence-electron chi connectivity index (χ3n) is 7.53. The lowest BCUT2D eigenvalue weighted by atomic mass is 9.80. The molecular weight excluding hydrogens is 484 g/mol. The zero-order chi connectivity index (χ0) is 27.1. The maximum absolute atomic E-state index is 12.0. The Morgan fingerprint density at radius 2 is 1.36 bits per heavy atom. The third-order valence-corrected chi connectivity index (χ3v) is 7.53. The van der Waals surface area contributed by atoms with Crippen LogP contribution in [-0.2, 0) is 28.1 Å². The van der Waals surface area contributed by atoms with Crippen molar-refractivity contribution in [3.05, 3.63) is 150 Å². The first-order chi connectivity index (χ1) is 19.0. The van der Waals surface area contributed by atoms with E-state index < -0.39 is 17.3 Å². The zero-order valence-electron chi connectivity index (χ0n) is 22.5. The first-order valence-corrected chi connectivity index (χ1v) is 13.4. The van der Waals surface area contributed by atoms with Crippen LogP contribution in [0.25, 0.3) is 0 Å². The molecule has 1 saturated carbocycles. The second-order valence-electron chi connectivity index (χ2n) is 10.4. The minimum atomic E-state index is -1.19. The van der Waals surface area contributed by atoms with E-state index in [0.717, 1.165) is 33.6 Å². The largest absolute Gasteiger partial charge is 0.497 e. The summed E-state index contributed by atoms with van der Waals surface area (Å²) in [7, 11) is 1.67. The zero-order valence-corrected chi connectivity index (χ0v) is 22.5. The fraction of sp³-hybridized carbons (Fsp3) is 0.257. The van der Waals surface area contributed by atoms with Crippen LogP contribution in [0.4, 0.5) is 0 Å². The summed E-state index contributed by atoms with van der Waals surface area (Å²) >= 11 is 0. The number of aliphatic hydroxyl groups is 1. The fourth-order valence-corrected chi connectivity index (χ4v) is 5.52. The Balaban J connectivity index is 1.51. The Bertz CT molecular complexity index is 1300. The van der Waals surface area contributed by atoms with Gasteiger partial charge >= 0.3 is 0 Å². The van der Waals surface area contributed by atoms with Gasteiger partial charge in [-0.25, -0.2) is 0 Å². The fourth-order valence-electron chi connectivity index (χ4n) is 5.52. The Labute approximate surface area is 231 Å². The van der Waals surface area contributed by atoms with Crippen molar-refractivity contribution in [1.82, 2.24) is 0 Å². The van der Waals surface area contributed by atoms with Crippen molar-refractivity contribution in [1.29, 1.82) is 0 Å². The quantitative estimate of drug-likeness (QED) is 0.219. The van der Waals surface area contributed by atoms with Crippen molar-refractivity contribution < 1.29 is 19.3 Å². The van der Waals surface area contributed by atoms with Gasteiger partial charge in [-0.15, -0.1) is 0 Å². The normalized spacial score (nSPS) is 19.2. The molecule has 0 aromatic heterocycles. The second kappa shape index (κ2) is 12.0. The second-order valence-corrected chi connectivity index (χ2v) is 10.4. The van der Waals surface area contributed by atoms with Crippen LogP contribution in [-0.4, -0.2) is 30.5 Å². The van der Waals surface area contributed by atoms with Crippen LogP contribution in [0.15, 0.2) is 127 Å². The molecule has 5 rings (SSSR count). The summed E-state index contributed by atoms with van der Waals surface area (Å²) in [5.41, 5.74) is 3.14. The molecule has 200 valence electrons. The molecule has 1 N–H and O–H groups in total. The summed E-state index contributed by atoms with van der Waals surface area (Å²) in [4.78, 5) is 0. The van der Waals surface area contributed by atoms with E-state index in [1.165, 1.54) is 0 Å². The van der Waals surface area contributed by atoms with Crippen LogP contribution >= 0.6 is 0 Å². The van der Waals surface area contributed by atoms with E-state index in [4.69, 9.17) is 14.2 Å².